The Morgan fingerprint density at radius 1 is 0.969 bits per heavy atom. The van der Waals surface area contributed by atoms with Gasteiger partial charge in [-0.05, 0) is 54.8 Å². The molecule has 2 heterocycles. The van der Waals surface area contributed by atoms with Gasteiger partial charge in [0.25, 0.3) is 5.91 Å². The lowest BCUT2D eigenvalue weighted by molar-refractivity contribution is 0.0730. The van der Waals surface area contributed by atoms with Crippen LogP contribution in [-0.2, 0) is 14.8 Å². The highest BCUT2D eigenvalue weighted by Crippen LogP contribution is 2.29. The minimum Gasteiger partial charge on any atom is -0.497 e. The highest BCUT2D eigenvalue weighted by Gasteiger charge is 2.28. The molecule has 1 atom stereocenters. The number of likely N-dealkylation sites (tertiary alicyclic amines) is 1. The Morgan fingerprint density at radius 3 is 2.31 bits per heavy atom. The Hall–Kier alpha value is -2.42. The van der Waals surface area contributed by atoms with Crippen molar-refractivity contribution in [2.24, 2.45) is 0 Å². The molecule has 2 fully saturated rings. The van der Waals surface area contributed by atoms with E-state index < -0.39 is 10.0 Å². The first-order chi connectivity index (χ1) is 15.5. The summed E-state index contributed by atoms with van der Waals surface area (Å²) in [6.07, 6.45) is 3.06. The predicted molar refractivity (Wildman–Crippen MR) is 122 cm³/mol. The molecule has 0 spiro atoms. The van der Waals surface area contributed by atoms with Gasteiger partial charge in [-0.15, -0.1) is 0 Å². The summed E-state index contributed by atoms with van der Waals surface area (Å²) < 4.78 is 37.6. The number of carbonyl (C=O) groups excluding carboxylic acids is 1. The normalized spacial score (nSPS) is 20.5. The molecular formula is C24H30N2O5S. The summed E-state index contributed by atoms with van der Waals surface area (Å²) in [5.74, 6) is 1.04. The van der Waals surface area contributed by atoms with E-state index in [1.54, 1.807) is 19.2 Å². The van der Waals surface area contributed by atoms with Crippen LogP contribution in [0.4, 0.5) is 0 Å². The Morgan fingerprint density at radius 2 is 1.66 bits per heavy atom. The maximum absolute atomic E-state index is 13.2. The molecular weight excluding hydrogens is 428 g/mol. The van der Waals surface area contributed by atoms with Gasteiger partial charge in [0.1, 0.15) is 5.75 Å². The van der Waals surface area contributed by atoms with E-state index in [9.17, 15) is 13.2 Å². The van der Waals surface area contributed by atoms with Crippen molar-refractivity contribution < 1.29 is 22.7 Å². The molecule has 0 aromatic heterocycles. The zero-order valence-corrected chi connectivity index (χ0v) is 19.2. The molecule has 2 aromatic carbocycles. The number of amides is 1. The summed E-state index contributed by atoms with van der Waals surface area (Å²) in [7, 11) is -1.92. The summed E-state index contributed by atoms with van der Waals surface area (Å²) in [6, 6.07) is 14.4. The smallest absolute Gasteiger partial charge is 0.253 e. The third kappa shape index (κ3) is 4.98. The Labute approximate surface area is 190 Å². The zero-order chi connectivity index (χ0) is 22.6. The summed E-state index contributed by atoms with van der Waals surface area (Å²) in [6.45, 7) is 2.87. The van der Waals surface area contributed by atoms with Crippen LogP contribution in [0.1, 0.15) is 41.1 Å². The van der Waals surface area contributed by atoms with Gasteiger partial charge in [0.15, 0.2) is 0 Å². The molecule has 4 rings (SSSR count). The number of hydrogen-bond donors (Lipinski definition) is 0. The van der Waals surface area contributed by atoms with Gasteiger partial charge in [0, 0.05) is 37.7 Å². The minimum atomic E-state index is -3.57. The summed E-state index contributed by atoms with van der Waals surface area (Å²) in [4.78, 5) is 15.3. The van der Waals surface area contributed by atoms with Crippen LogP contribution in [0.3, 0.4) is 0 Å². The third-order valence-corrected chi connectivity index (χ3v) is 8.17. The molecule has 2 saturated heterocycles. The van der Waals surface area contributed by atoms with Gasteiger partial charge in [-0.1, -0.05) is 18.6 Å². The molecule has 8 heteroatoms. The number of morpholine rings is 1. The lowest BCUT2D eigenvalue weighted by Crippen LogP contribution is -2.40. The number of hydrogen-bond acceptors (Lipinski definition) is 5. The van der Waals surface area contributed by atoms with Crippen molar-refractivity contribution in [1.82, 2.24) is 9.21 Å². The molecule has 1 amide bonds. The predicted octanol–water partition coefficient (Wildman–Crippen LogP) is 3.13. The van der Waals surface area contributed by atoms with Gasteiger partial charge in [0.2, 0.25) is 10.0 Å². The lowest BCUT2D eigenvalue weighted by Gasteiger charge is -2.26. The molecule has 0 aliphatic carbocycles. The molecule has 2 aliphatic rings. The Bertz CT molecular complexity index is 1020. The second kappa shape index (κ2) is 10.0. The molecule has 32 heavy (non-hydrogen) atoms. The van der Waals surface area contributed by atoms with E-state index in [-0.39, 0.29) is 16.7 Å². The summed E-state index contributed by atoms with van der Waals surface area (Å²) in [5, 5.41) is 0. The van der Waals surface area contributed by atoms with Crippen LogP contribution >= 0.6 is 0 Å². The van der Waals surface area contributed by atoms with Crippen molar-refractivity contribution in [3.05, 3.63) is 59.7 Å². The molecule has 7 nitrogen and oxygen atoms in total. The highest BCUT2D eigenvalue weighted by atomic mass is 32.2. The number of sulfonamides is 1. The van der Waals surface area contributed by atoms with E-state index in [1.807, 2.05) is 17.0 Å². The first-order valence-corrected chi connectivity index (χ1v) is 12.5. The number of carbonyl (C=O) groups is 1. The average Bonchev–Trinajstić information content (AvgIpc) is 3.11. The summed E-state index contributed by atoms with van der Waals surface area (Å²) in [5.41, 5.74) is 1.72. The molecule has 0 bridgehead atoms. The molecule has 172 valence electrons. The maximum Gasteiger partial charge on any atom is 0.253 e. The van der Waals surface area contributed by atoms with Gasteiger partial charge < -0.3 is 14.4 Å². The van der Waals surface area contributed by atoms with Crippen molar-refractivity contribution in [3.63, 3.8) is 0 Å². The van der Waals surface area contributed by atoms with Crippen LogP contribution in [0, 0.1) is 0 Å². The topological polar surface area (TPSA) is 76.2 Å². The van der Waals surface area contributed by atoms with Crippen molar-refractivity contribution >= 4 is 15.9 Å². The number of rotatable bonds is 5. The van der Waals surface area contributed by atoms with Crippen molar-refractivity contribution in [1.29, 1.82) is 0 Å². The molecule has 0 N–H and O–H groups in total. The minimum absolute atomic E-state index is 0.0549. The number of ether oxygens (including phenoxy) is 2. The van der Waals surface area contributed by atoms with E-state index in [1.165, 1.54) is 22.0 Å². The summed E-state index contributed by atoms with van der Waals surface area (Å²) >= 11 is 0. The van der Waals surface area contributed by atoms with E-state index in [0.29, 0.717) is 45.0 Å². The Kier molecular flexibility index (Phi) is 7.13. The first-order valence-electron chi connectivity index (χ1n) is 11.1. The molecule has 0 radical (unpaired) electrons. The largest absolute Gasteiger partial charge is 0.497 e. The van der Waals surface area contributed by atoms with E-state index in [2.05, 4.69) is 12.1 Å². The quantitative estimate of drug-likeness (QED) is 0.688. The van der Waals surface area contributed by atoms with Crippen LogP contribution < -0.4 is 4.74 Å². The Balaban J connectivity index is 1.47. The average molecular weight is 459 g/mol. The maximum atomic E-state index is 13.2. The van der Waals surface area contributed by atoms with Crippen LogP contribution in [-0.4, -0.2) is 70.0 Å². The zero-order valence-electron chi connectivity index (χ0n) is 18.4. The van der Waals surface area contributed by atoms with E-state index in [4.69, 9.17) is 9.47 Å². The number of methoxy groups -OCH3 is 1. The van der Waals surface area contributed by atoms with Gasteiger partial charge in [0.05, 0.1) is 25.2 Å². The molecule has 2 aliphatic heterocycles. The third-order valence-electron chi connectivity index (χ3n) is 6.25. The van der Waals surface area contributed by atoms with Crippen LogP contribution in [0.2, 0.25) is 0 Å². The fraction of sp³-hybridized carbons (Fsp3) is 0.458. The molecule has 2 aromatic rings. The van der Waals surface area contributed by atoms with Gasteiger partial charge >= 0.3 is 0 Å². The monoisotopic (exact) mass is 458 g/mol. The second-order valence-electron chi connectivity index (χ2n) is 8.26. The fourth-order valence-corrected chi connectivity index (χ4v) is 5.77. The van der Waals surface area contributed by atoms with Gasteiger partial charge in [-0.3, -0.25) is 4.79 Å². The second-order valence-corrected chi connectivity index (χ2v) is 10.2. The van der Waals surface area contributed by atoms with E-state index >= 15 is 0 Å². The lowest BCUT2D eigenvalue weighted by atomic mass is 9.94. The fourth-order valence-electron chi connectivity index (χ4n) is 4.36. The van der Waals surface area contributed by atoms with Crippen molar-refractivity contribution in [3.8, 4) is 5.75 Å². The van der Waals surface area contributed by atoms with E-state index in [0.717, 1.165) is 25.0 Å². The molecule has 0 saturated carbocycles. The van der Waals surface area contributed by atoms with Crippen LogP contribution in [0.15, 0.2) is 53.4 Å². The number of nitrogens with zero attached hydrogens (tertiary/aromatic N) is 2. The first kappa shape index (κ1) is 22.8. The van der Waals surface area contributed by atoms with Gasteiger partial charge in [-0.25, -0.2) is 8.42 Å². The van der Waals surface area contributed by atoms with Crippen molar-refractivity contribution in [2.75, 3.05) is 46.5 Å². The SMILES string of the molecule is COc1ccc(C2CCCCN(C(=O)c3ccc(S(=O)(=O)N4CCOCC4)cc3)C2)cc1. The van der Waals surface area contributed by atoms with Crippen LogP contribution in [0.25, 0.3) is 0 Å². The highest BCUT2D eigenvalue weighted by molar-refractivity contribution is 7.89. The van der Waals surface area contributed by atoms with Crippen LogP contribution in [0.5, 0.6) is 5.75 Å². The number of benzene rings is 2. The van der Waals surface area contributed by atoms with Gasteiger partial charge in [-0.2, -0.15) is 4.31 Å². The van der Waals surface area contributed by atoms with Crippen molar-refractivity contribution in [2.45, 2.75) is 30.1 Å². The standard InChI is InChI=1S/C24H30N2O5S/c1-30-22-9-5-19(6-10-22)21-4-2-3-13-25(18-21)24(27)20-7-11-23(12-8-20)32(28,29)26-14-16-31-17-15-26/h5-12,21H,2-4,13-18H2,1H3. The molecule has 1 unspecified atom stereocenters.